The van der Waals surface area contributed by atoms with Crippen LogP contribution in [0.2, 0.25) is 0 Å². The number of H-pyrrole nitrogens is 1. The van der Waals surface area contributed by atoms with E-state index in [1.807, 2.05) is 18.2 Å². The van der Waals surface area contributed by atoms with Crippen LogP contribution in [0.3, 0.4) is 0 Å². The summed E-state index contributed by atoms with van der Waals surface area (Å²) in [5.74, 6) is 0.133. The van der Waals surface area contributed by atoms with Crippen molar-refractivity contribution in [1.82, 2.24) is 15.2 Å². The SMILES string of the molecule is Cc1nnc(NC(=O)c2cccc3[nH]ccc23)o1. The van der Waals surface area contributed by atoms with Gasteiger partial charge in [0.1, 0.15) is 0 Å². The molecular weight excluding hydrogens is 232 g/mol. The minimum Gasteiger partial charge on any atom is -0.408 e. The Hall–Kier alpha value is -2.63. The fourth-order valence-electron chi connectivity index (χ4n) is 1.79. The van der Waals surface area contributed by atoms with Gasteiger partial charge in [-0.1, -0.05) is 11.2 Å². The highest BCUT2D eigenvalue weighted by Crippen LogP contribution is 2.18. The molecule has 0 aliphatic heterocycles. The first-order valence-electron chi connectivity index (χ1n) is 5.41. The molecule has 6 heteroatoms. The van der Waals surface area contributed by atoms with Crippen molar-refractivity contribution in [3.8, 4) is 0 Å². The lowest BCUT2D eigenvalue weighted by Gasteiger charge is -2.02. The topological polar surface area (TPSA) is 83.8 Å². The van der Waals surface area contributed by atoms with Crippen LogP contribution in [-0.4, -0.2) is 21.1 Å². The van der Waals surface area contributed by atoms with Crippen molar-refractivity contribution >= 4 is 22.8 Å². The van der Waals surface area contributed by atoms with Crippen LogP contribution in [0, 0.1) is 6.92 Å². The number of nitrogens with zero attached hydrogens (tertiary/aromatic N) is 2. The van der Waals surface area contributed by atoms with Crippen LogP contribution in [0.25, 0.3) is 10.9 Å². The quantitative estimate of drug-likeness (QED) is 0.720. The first-order valence-corrected chi connectivity index (χ1v) is 5.41. The molecule has 2 N–H and O–H groups in total. The number of fused-ring (bicyclic) bond motifs is 1. The van der Waals surface area contributed by atoms with Crippen LogP contribution in [0.15, 0.2) is 34.9 Å². The molecule has 18 heavy (non-hydrogen) atoms. The number of hydrogen-bond donors (Lipinski definition) is 2. The molecule has 0 unspecified atom stereocenters. The van der Waals surface area contributed by atoms with Gasteiger partial charge in [0.05, 0.1) is 0 Å². The smallest absolute Gasteiger partial charge is 0.322 e. The summed E-state index contributed by atoms with van der Waals surface area (Å²) in [6.07, 6.45) is 1.79. The zero-order valence-corrected chi connectivity index (χ0v) is 9.60. The first-order chi connectivity index (χ1) is 8.74. The number of carbonyl (C=O) groups excluding carboxylic acids is 1. The van der Waals surface area contributed by atoms with E-state index in [0.29, 0.717) is 11.5 Å². The second-order valence-corrected chi connectivity index (χ2v) is 3.82. The maximum absolute atomic E-state index is 12.1. The third-order valence-corrected chi connectivity index (χ3v) is 2.59. The highest BCUT2D eigenvalue weighted by Gasteiger charge is 2.13. The lowest BCUT2D eigenvalue weighted by Crippen LogP contribution is -2.12. The monoisotopic (exact) mass is 242 g/mol. The number of nitrogens with one attached hydrogen (secondary N) is 2. The first kappa shape index (κ1) is 10.5. The van der Waals surface area contributed by atoms with Crippen molar-refractivity contribution in [3.05, 3.63) is 41.9 Å². The Balaban J connectivity index is 1.94. The second-order valence-electron chi connectivity index (χ2n) is 3.82. The summed E-state index contributed by atoms with van der Waals surface area (Å²) < 4.78 is 5.11. The molecule has 2 aromatic heterocycles. The summed E-state index contributed by atoms with van der Waals surface area (Å²) in [4.78, 5) is 15.1. The third kappa shape index (κ3) is 1.73. The summed E-state index contributed by atoms with van der Waals surface area (Å²) in [5.41, 5.74) is 1.47. The molecule has 6 nitrogen and oxygen atoms in total. The van der Waals surface area contributed by atoms with Gasteiger partial charge >= 0.3 is 6.01 Å². The molecule has 0 saturated heterocycles. The largest absolute Gasteiger partial charge is 0.408 e. The number of aromatic amines is 1. The van der Waals surface area contributed by atoms with Crippen molar-refractivity contribution in [2.75, 3.05) is 5.32 Å². The van der Waals surface area contributed by atoms with Crippen LogP contribution in [0.4, 0.5) is 6.01 Å². The molecule has 1 aromatic carbocycles. The summed E-state index contributed by atoms with van der Waals surface area (Å²) in [5, 5.41) is 10.8. The second kappa shape index (κ2) is 3.99. The molecule has 2 heterocycles. The number of aryl methyl sites for hydroxylation is 1. The summed E-state index contributed by atoms with van der Waals surface area (Å²) in [6.45, 7) is 1.66. The predicted molar refractivity (Wildman–Crippen MR) is 65.3 cm³/mol. The van der Waals surface area contributed by atoms with E-state index in [0.717, 1.165) is 10.9 Å². The van der Waals surface area contributed by atoms with Crippen LogP contribution < -0.4 is 5.32 Å². The fraction of sp³-hybridized carbons (Fsp3) is 0.0833. The van der Waals surface area contributed by atoms with Crippen molar-refractivity contribution in [2.24, 2.45) is 0 Å². The average Bonchev–Trinajstić information content (AvgIpc) is 2.97. The van der Waals surface area contributed by atoms with Gasteiger partial charge in [-0.3, -0.25) is 10.1 Å². The zero-order valence-electron chi connectivity index (χ0n) is 9.60. The van der Waals surface area contributed by atoms with Gasteiger partial charge < -0.3 is 9.40 Å². The summed E-state index contributed by atoms with van der Waals surface area (Å²) in [7, 11) is 0. The molecule has 0 spiro atoms. The van der Waals surface area contributed by atoms with E-state index in [4.69, 9.17) is 4.42 Å². The Morgan fingerprint density at radius 1 is 1.33 bits per heavy atom. The Labute approximate surface area is 102 Å². The van der Waals surface area contributed by atoms with Crippen molar-refractivity contribution < 1.29 is 9.21 Å². The third-order valence-electron chi connectivity index (χ3n) is 2.59. The average molecular weight is 242 g/mol. The van der Waals surface area contributed by atoms with E-state index in [-0.39, 0.29) is 11.9 Å². The lowest BCUT2D eigenvalue weighted by molar-refractivity contribution is 0.102. The van der Waals surface area contributed by atoms with Gasteiger partial charge in [0.25, 0.3) is 5.91 Å². The van der Waals surface area contributed by atoms with E-state index in [9.17, 15) is 4.79 Å². The van der Waals surface area contributed by atoms with Gasteiger partial charge in [0.15, 0.2) is 0 Å². The maximum atomic E-state index is 12.1. The zero-order chi connectivity index (χ0) is 12.5. The molecule has 0 radical (unpaired) electrons. The number of carbonyl (C=O) groups is 1. The minimum atomic E-state index is -0.274. The lowest BCUT2D eigenvalue weighted by atomic mass is 10.1. The van der Waals surface area contributed by atoms with Crippen LogP contribution >= 0.6 is 0 Å². The number of aromatic nitrogens is 3. The van der Waals surface area contributed by atoms with Crippen LogP contribution in [-0.2, 0) is 0 Å². The Bertz CT molecular complexity index is 714. The van der Waals surface area contributed by atoms with Crippen LogP contribution in [0.1, 0.15) is 16.2 Å². The Morgan fingerprint density at radius 2 is 2.22 bits per heavy atom. The molecule has 0 fully saturated rings. The van der Waals surface area contributed by atoms with E-state index in [1.54, 1.807) is 19.2 Å². The van der Waals surface area contributed by atoms with Crippen LogP contribution in [0.5, 0.6) is 0 Å². The molecule has 0 atom stereocenters. The van der Waals surface area contributed by atoms with E-state index in [1.165, 1.54) is 0 Å². The fourth-order valence-corrected chi connectivity index (χ4v) is 1.79. The van der Waals surface area contributed by atoms with Gasteiger partial charge in [-0.2, -0.15) is 0 Å². The van der Waals surface area contributed by atoms with Gasteiger partial charge in [-0.15, -0.1) is 5.10 Å². The molecule has 90 valence electrons. The molecule has 1 amide bonds. The van der Waals surface area contributed by atoms with Gasteiger partial charge in [0.2, 0.25) is 5.89 Å². The predicted octanol–water partition coefficient (Wildman–Crippen LogP) is 2.11. The van der Waals surface area contributed by atoms with Crippen molar-refractivity contribution in [3.63, 3.8) is 0 Å². The number of anilines is 1. The Morgan fingerprint density at radius 3 is 3.00 bits per heavy atom. The maximum Gasteiger partial charge on any atom is 0.322 e. The number of rotatable bonds is 2. The molecule has 0 bridgehead atoms. The molecular formula is C12H10N4O2. The molecule has 3 aromatic rings. The number of benzene rings is 1. The normalized spacial score (nSPS) is 10.7. The highest BCUT2D eigenvalue weighted by molar-refractivity contribution is 6.11. The van der Waals surface area contributed by atoms with Crippen molar-refractivity contribution in [1.29, 1.82) is 0 Å². The van der Waals surface area contributed by atoms with Gasteiger partial charge in [-0.25, -0.2) is 0 Å². The standard InChI is InChI=1S/C12H10N4O2/c1-7-15-16-12(18-7)14-11(17)9-3-2-4-10-8(9)5-6-13-10/h2-6,13H,1H3,(H,14,16,17). The molecule has 0 aliphatic rings. The number of amides is 1. The van der Waals surface area contributed by atoms with E-state index >= 15 is 0 Å². The van der Waals surface area contributed by atoms with Gasteiger partial charge in [-0.05, 0) is 18.2 Å². The minimum absolute atomic E-state index is 0.102. The number of hydrogen-bond acceptors (Lipinski definition) is 4. The van der Waals surface area contributed by atoms with Crippen molar-refractivity contribution in [2.45, 2.75) is 6.92 Å². The summed E-state index contributed by atoms with van der Waals surface area (Å²) in [6, 6.07) is 7.42. The summed E-state index contributed by atoms with van der Waals surface area (Å²) >= 11 is 0. The van der Waals surface area contributed by atoms with E-state index in [2.05, 4.69) is 20.5 Å². The molecule has 3 rings (SSSR count). The highest BCUT2D eigenvalue weighted by atomic mass is 16.4. The van der Waals surface area contributed by atoms with E-state index < -0.39 is 0 Å². The van der Waals surface area contributed by atoms with Gasteiger partial charge in [0, 0.05) is 29.6 Å². The molecule has 0 aliphatic carbocycles. The molecule has 0 saturated carbocycles. The Kier molecular flexibility index (Phi) is 2.33.